The van der Waals surface area contributed by atoms with Gasteiger partial charge >= 0.3 is 0 Å². The van der Waals surface area contributed by atoms with Crippen molar-refractivity contribution >= 4 is 22.6 Å². The van der Waals surface area contributed by atoms with Crippen LogP contribution in [0.4, 0.5) is 0 Å². The van der Waals surface area contributed by atoms with Gasteiger partial charge in [-0.15, -0.1) is 0 Å². The molecule has 0 saturated heterocycles. The van der Waals surface area contributed by atoms with E-state index in [0.717, 1.165) is 31.2 Å². The monoisotopic (exact) mass is 414 g/mol. The second-order valence-electron chi connectivity index (χ2n) is 7.89. The molecule has 4 aromatic heterocycles. The molecule has 1 aliphatic carbocycles. The highest BCUT2D eigenvalue weighted by molar-refractivity contribution is 5.97. The van der Waals surface area contributed by atoms with E-state index < -0.39 is 0 Å². The van der Waals surface area contributed by atoms with Crippen LogP contribution in [0.1, 0.15) is 41.6 Å². The molecule has 1 amide bonds. The third-order valence-electron chi connectivity index (χ3n) is 5.82. The number of nitrogens with one attached hydrogen (secondary N) is 2. The smallest absolute Gasteiger partial charge is 0.267 e. The molecular weight excluding hydrogens is 392 g/mol. The zero-order chi connectivity index (χ0) is 21.4. The SMILES string of the molecule is N=c1c(C(=O)NC2CCCC2)cc2c(=O)n3ccccc3nc2n1Cc1cccnc1. The maximum absolute atomic E-state index is 13.2. The van der Waals surface area contributed by atoms with E-state index in [1.54, 1.807) is 35.3 Å². The summed E-state index contributed by atoms with van der Waals surface area (Å²) in [6.45, 7) is 0.281. The number of hydrogen-bond donors (Lipinski definition) is 2. The van der Waals surface area contributed by atoms with Crippen molar-refractivity contribution in [3.63, 3.8) is 0 Å². The first kappa shape index (κ1) is 19.2. The summed E-state index contributed by atoms with van der Waals surface area (Å²) in [5.74, 6) is -0.323. The summed E-state index contributed by atoms with van der Waals surface area (Å²) in [5, 5.41) is 12.1. The summed E-state index contributed by atoms with van der Waals surface area (Å²) in [7, 11) is 0. The molecular formula is C23H22N6O2. The molecule has 4 heterocycles. The van der Waals surface area contributed by atoms with Crippen LogP contribution in [-0.4, -0.2) is 30.9 Å². The van der Waals surface area contributed by atoms with Crippen molar-refractivity contribution in [3.8, 4) is 0 Å². The van der Waals surface area contributed by atoms with Crippen LogP contribution in [0.15, 0.2) is 59.8 Å². The van der Waals surface area contributed by atoms with Crippen LogP contribution in [0.2, 0.25) is 0 Å². The Balaban J connectivity index is 1.74. The zero-order valence-electron chi connectivity index (χ0n) is 16.9. The van der Waals surface area contributed by atoms with Crippen LogP contribution < -0.4 is 16.4 Å². The largest absolute Gasteiger partial charge is 0.349 e. The van der Waals surface area contributed by atoms with Gasteiger partial charge in [0.15, 0.2) is 0 Å². The van der Waals surface area contributed by atoms with Crippen LogP contribution in [-0.2, 0) is 6.54 Å². The summed E-state index contributed by atoms with van der Waals surface area (Å²) in [4.78, 5) is 35.1. The lowest BCUT2D eigenvalue weighted by Gasteiger charge is -2.16. The van der Waals surface area contributed by atoms with Gasteiger partial charge in [-0.2, -0.15) is 0 Å². The van der Waals surface area contributed by atoms with Gasteiger partial charge in [0.25, 0.3) is 11.5 Å². The Morgan fingerprint density at radius 2 is 2.03 bits per heavy atom. The van der Waals surface area contributed by atoms with Gasteiger partial charge in [-0.05, 0) is 42.7 Å². The van der Waals surface area contributed by atoms with E-state index in [2.05, 4.69) is 15.3 Å². The molecule has 4 aromatic rings. The van der Waals surface area contributed by atoms with Gasteiger partial charge in [0.05, 0.1) is 17.5 Å². The average Bonchev–Trinajstić information content (AvgIpc) is 3.30. The van der Waals surface area contributed by atoms with Crippen LogP contribution in [0, 0.1) is 5.41 Å². The highest BCUT2D eigenvalue weighted by Gasteiger charge is 2.22. The van der Waals surface area contributed by atoms with Gasteiger partial charge in [-0.1, -0.05) is 25.0 Å². The number of carbonyl (C=O) groups is 1. The summed E-state index contributed by atoms with van der Waals surface area (Å²) >= 11 is 0. The normalized spacial score (nSPS) is 14.3. The minimum atomic E-state index is -0.323. The number of pyridine rings is 3. The molecule has 0 unspecified atom stereocenters. The molecule has 8 heteroatoms. The van der Waals surface area contributed by atoms with Gasteiger partial charge < -0.3 is 9.88 Å². The van der Waals surface area contributed by atoms with Crippen molar-refractivity contribution in [3.05, 3.63) is 82.0 Å². The van der Waals surface area contributed by atoms with Gasteiger partial charge in [-0.3, -0.25) is 24.4 Å². The Morgan fingerprint density at radius 3 is 2.81 bits per heavy atom. The molecule has 8 nitrogen and oxygen atoms in total. The molecule has 1 fully saturated rings. The minimum Gasteiger partial charge on any atom is -0.349 e. The fourth-order valence-corrected chi connectivity index (χ4v) is 4.22. The lowest BCUT2D eigenvalue weighted by atomic mass is 10.1. The first-order chi connectivity index (χ1) is 15.1. The number of nitrogens with zero attached hydrogens (tertiary/aromatic N) is 4. The molecule has 1 saturated carbocycles. The molecule has 0 aromatic carbocycles. The molecule has 0 bridgehead atoms. The quantitative estimate of drug-likeness (QED) is 0.500. The molecule has 1 aliphatic rings. The van der Waals surface area contributed by atoms with Crippen LogP contribution in [0.5, 0.6) is 0 Å². The second-order valence-corrected chi connectivity index (χ2v) is 7.89. The number of aromatic nitrogens is 4. The van der Waals surface area contributed by atoms with E-state index in [4.69, 9.17) is 5.41 Å². The molecule has 0 atom stereocenters. The molecule has 0 spiro atoms. The third-order valence-corrected chi connectivity index (χ3v) is 5.82. The number of carbonyl (C=O) groups excluding carboxylic acids is 1. The van der Waals surface area contributed by atoms with Crippen molar-refractivity contribution in [2.45, 2.75) is 38.3 Å². The summed E-state index contributed by atoms with van der Waals surface area (Å²) in [6.07, 6.45) is 9.11. The first-order valence-electron chi connectivity index (χ1n) is 10.4. The Morgan fingerprint density at radius 1 is 1.19 bits per heavy atom. The summed E-state index contributed by atoms with van der Waals surface area (Å²) in [5.41, 5.74) is 1.66. The number of amides is 1. The molecule has 0 radical (unpaired) electrons. The standard InChI is InChI=1S/C23H22N6O2/c24-20-17(22(30)26-16-7-1-2-8-16)12-18-21(29(20)14-15-6-5-10-25-13-15)27-19-9-3-4-11-28(19)23(18)31/h3-6,9-13,16,24H,1-2,7-8,14H2,(H,26,30). The zero-order valence-corrected chi connectivity index (χ0v) is 16.9. The van der Waals surface area contributed by atoms with Crippen molar-refractivity contribution in [1.29, 1.82) is 5.41 Å². The lowest BCUT2D eigenvalue weighted by molar-refractivity contribution is 0.0935. The highest BCUT2D eigenvalue weighted by Crippen LogP contribution is 2.18. The van der Waals surface area contributed by atoms with Crippen molar-refractivity contribution < 1.29 is 4.79 Å². The van der Waals surface area contributed by atoms with Crippen LogP contribution in [0.25, 0.3) is 16.7 Å². The first-order valence-corrected chi connectivity index (χ1v) is 10.4. The Bertz CT molecular complexity index is 1400. The van der Waals surface area contributed by atoms with Gasteiger partial charge in [0, 0.05) is 24.6 Å². The molecule has 0 aliphatic heterocycles. The number of hydrogen-bond acceptors (Lipinski definition) is 5. The fourth-order valence-electron chi connectivity index (χ4n) is 4.22. The topological polar surface area (TPSA) is 105 Å². The predicted octanol–water partition coefficient (Wildman–Crippen LogP) is 2.24. The van der Waals surface area contributed by atoms with E-state index in [-0.39, 0.29) is 35.1 Å². The van der Waals surface area contributed by atoms with Crippen molar-refractivity contribution in [1.82, 2.24) is 24.3 Å². The Kier molecular flexibility index (Phi) is 4.82. The van der Waals surface area contributed by atoms with Gasteiger partial charge in [0.2, 0.25) is 0 Å². The van der Waals surface area contributed by atoms with E-state index >= 15 is 0 Å². The second kappa shape index (κ2) is 7.79. The maximum Gasteiger partial charge on any atom is 0.267 e. The van der Waals surface area contributed by atoms with E-state index in [1.807, 2.05) is 18.2 Å². The summed E-state index contributed by atoms with van der Waals surface area (Å²) in [6, 6.07) is 10.7. The Hall–Kier alpha value is -3.81. The molecule has 2 N–H and O–H groups in total. The Labute approximate surface area is 177 Å². The predicted molar refractivity (Wildman–Crippen MR) is 116 cm³/mol. The number of fused-ring (bicyclic) bond motifs is 2. The minimum absolute atomic E-state index is 0.0269. The van der Waals surface area contributed by atoms with E-state index in [9.17, 15) is 9.59 Å². The van der Waals surface area contributed by atoms with Gasteiger partial charge in [0.1, 0.15) is 16.8 Å². The molecule has 5 rings (SSSR count). The van der Waals surface area contributed by atoms with Gasteiger partial charge in [-0.25, -0.2) is 4.98 Å². The van der Waals surface area contributed by atoms with Crippen molar-refractivity contribution in [2.75, 3.05) is 0 Å². The van der Waals surface area contributed by atoms with E-state index in [0.29, 0.717) is 16.7 Å². The molecule has 31 heavy (non-hydrogen) atoms. The average molecular weight is 414 g/mol. The van der Waals surface area contributed by atoms with Crippen LogP contribution >= 0.6 is 0 Å². The van der Waals surface area contributed by atoms with E-state index in [1.165, 1.54) is 10.5 Å². The van der Waals surface area contributed by atoms with Crippen molar-refractivity contribution in [2.24, 2.45) is 0 Å². The molecule has 156 valence electrons. The fraction of sp³-hybridized carbons (Fsp3) is 0.261. The maximum atomic E-state index is 13.2. The van der Waals surface area contributed by atoms with Crippen LogP contribution in [0.3, 0.4) is 0 Å². The third kappa shape index (κ3) is 3.50. The highest BCUT2D eigenvalue weighted by atomic mass is 16.2. The number of rotatable bonds is 4. The summed E-state index contributed by atoms with van der Waals surface area (Å²) < 4.78 is 3.07. The lowest BCUT2D eigenvalue weighted by Crippen LogP contribution is -2.38.